The summed E-state index contributed by atoms with van der Waals surface area (Å²) in [5.41, 5.74) is 4.79. The molecular formula is C27H33FN4O. The fourth-order valence-electron chi connectivity index (χ4n) is 5.01. The molecule has 0 saturated carbocycles. The minimum absolute atomic E-state index is 0.174. The average Bonchev–Trinajstić information content (AvgIpc) is 2.82. The number of hydrogen-bond acceptors (Lipinski definition) is 5. The molecule has 0 radical (unpaired) electrons. The molecule has 3 aromatic rings. The highest BCUT2D eigenvalue weighted by atomic mass is 19.1. The number of anilines is 1. The molecular weight excluding hydrogens is 415 g/mol. The molecule has 0 spiro atoms. The molecule has 0 aliphatic carbocycles. The third kappa shape index (κ3) is 5.18. The van der Waals surface area contributed by atoms with E-state index in [9.17, 15) is 4.39 Å². The second-order valence-electron chi connectivity index (χ2n) is 9.45. The van der Waals surface area contributed by atoms with Crippen LogP contribution in [0.1, 0.15) is 23.6 Å². The number of halogens is 1. The molecule has 5 nitrogen and oxygen atoms in total. The Morgan fingerprint density at radius 2 is 1.76 bits per heavy atom. The highest BCUT2D eigenvalue weighted by Gasteiger charge is 2.26. The van der Waals surface area contributed by atoms with E-state index in [-0.39, 0.29) is 5.82 Å². The number of piperazine rings is 1. The number of aryl methyl sites for hydroxylation is 1. The molecule has 0 N–H and O–H groups in total. The first-order valence-corrected chi connectivity index (χ1v) is 12.0. The van der Waals surface area contributed by atoms with Crippen LogP contribution in [0.5, 0.6) is 0 Å². The Labute approximate surface area is 195 Å². The molecule has 6 heteroatoms. The van der Waals surface area contributed by atoms with Gasteiger partial charge in [-0.25, -0.2) is 9.37 Å². The summed E-state index contributed by atoms with van der Waals surface area (Å²) in [7, 11) is 0. The first-order chi connectivity index (χ1) is 16.0. The summed E-state index contributed by atoms with van der Waals surface area (Å²) in [4.78, 5) is 12.5. The largest absolute Gasteiger partial charge is 0.378 e. The van der Waals surface area contributed by atoms with Crippen LogP contribution in [0.15, 0.2) is 48.5 Å². The van der Waals surface area contributed by atoms with Gasteiger partial charge in [-0.3, -0.25) is 9.80 Å². The van der Waals surface area contributed by atoms with Crippen molar-refractivity contribution in [2.75, 3.05) is 50.8 Å². The number of pyridine rings is 1. The molecule has 33 heavy (non-hydrogen) atoms. The Morgan fingerprint density at radius 3 is 2.52 bits per heavy atom. The minimum atomic E-state index is -0.174. The first-order valence-electron chi connectivity index (χ1n) is 12.0. The monoisotopic (exact) mass is 448 g/mol. The lowest BCUT2D eigenvalue weighted by Gasteiger charge is -2.40. The number of nitrogens with zero attached hydrogens (tertiary/aromatic N) is 4. The molecule has 3 heterocycles. The van der Waals surface area contributed by atoms with Crippen molar-refractivity contribution >= 4 is 16.7 Å². The van der Waals surface area contributed by atoms with Gasteiger partial charge < -0.3 is 9.64 Å². The number of rotatable bonds is 5. The van der Waals surface area contributed by atoms with Gasteiger partial charge in [-0.15, -0.1) is 0 Å². The lowest BCUT2D eigenvalue weighted by atomic mass is 10.1. The Kier molecular flexibility index (Phi) is 6.58. The van der Waals surface area contributed by atoms with E-state index in [4.69, 9.17) is 9.72 Å². The molecule has 0 bridgehead atoms. The van der Waals surface area contributed by atoms with E-state index in [1.807, 2.05) is 12.1 Å². The van der Waals surface area contributed by atoms with E-state index in [0.29, 0.717) is 6.04 Å². The Balaban J connectivity index is 1.34. The number of morpholine rings is 1. The normalized spacial score (nSPS) is 20.5. The summed E-state index contributed by atoms with van der Waals surface area (Å²) in [5, 5.41) is 1.21. The van der Waals surface area contributed by atoms with Crippen molar-refractivity contribution in [1.29, 1.82) is 0 Å². The fraction of sp³-hybridized carbons (Fsp3) is 0.444. The lowest BCUT2D eigenvalue weighted by Crippen LogP contribution is -2.51. The zero-order valence-corrected chi connectivity index (χ0v) is 19.6. The van der Waals surface area contributed by atoms with Gasteiger partial charge in [0.1, 0.15) is 11.6 Å². The van der Waals surface area contributed by atoms with E-state index in [1.54, 1.807) is 12.1 Å². The molecule has 2 fully saturated rings. The fourth-order valence-corrected chi connectivity index (χ4v) is 5.01. The van der Waals surface area contributed by atoms with E-state index in [0.717, 1.165) is 70.4 Å². The second-order valence-corrected chi connectivity index (χ2v) is 9.45. The zero-order chi connectivity index (χ0) is 22.8. The number of ether oxygens (including phenoxy) is 1. The maximum atomic E-state index is 13.2. The Hall–Kier alpha value is -2.54. The van der Waals surface area contributed by atoms with Gasteiger partial charge in [0.2, 0.25) is 0 Å². The van der Waals surface area contributed by atoms with E-state index in [1.165, 1.54) is 22.1 Å². The molecule has 1 atom stereocenters. The zero-order valence-electron chi connectivity index (χ0n) is 19.6. The molecule has 174 valence electrons. The maximum Gasteiger partial charge on any atom is 0.133 e. The minimum Gasteiger partial charge on any atom is -0.378 e. The molecule has 1 aromatic heterocycles. The predicted octanol–water partition coefficient (Wildman–Crippen LogP) is 4.23. The van der Waals surface area contributed by atoms with Crippen LogP contribution in [-0.4, -0.2) is 66.8 Å². The van der Waals surface area contributed by atoms with Gasteiger partial charge in [-0.05, 0) is 49.7 Å². The van der Waals surface area contributed by atoms with Crippen molar-refractivity contribution < 1.29 is 9.13 Å². The van der Waals surface area contributed by atoms with Gasteiger partial charge in [0, 0.05) is 62.8 Å². The van der Waals surface area contributed by atoms with Gasteiger partial charge in [-0.2, -0.15) is 0 Å². The average molecular weight is 449 g/mol. The number of aromatic nitrogens is 1. The van der Waals surface area contributed by atoms with E-state index in [2.05, 4.69) is 52.8 Å². The molecule has 2 aliphatic rings. The van der Waals surface area contributed by atoms with Gasteiger partial charge >= 0.3 is 0 Å². The first kappa shape index (κ1) is 22.3. The number of fused-ring (bicyclic) bond motifs is 1. The van der Waals surface area contributed by atoms with Crippen molar-refractivity contribution in [2.24, 2.45) is 0 Å². The van der Waals surface area contributed by atoms with Crippen LogP contribution >= 0.6 is 0 Å². The van der Waals surface area contributed by atoms with E-state index >= 15 is 0 Å². The molecule has 2 aliphatic heterocycles. The van der Waals surface area contributed by atoms with E-state index < -0.39 is 0 Å². The van der Waals surface area contributed by atoms with Crippen LogP contribution in [0.3, 0.4) is 0 Å². The summed E-state index contributed by atoms with van der Waals surface area (Å²) >= 11 is 0. The SMILES string of the molecule is Cc1ccc2nc(N3CCOCC3)c(CN3CCN(Cc4ccc(F)cc4)C[C@H]3C)cc2c1. The van der Waals surface area contributed by atoms with Crippen molar-refractivity contribution in [3.63, 3.8) is 0 Å². The van der Waals surface area contributed by atoms with Crippen LogP contribution in [-0.2, 0) is 17.8 Å². The lowest BCUT2D eigenvalue weighted by molar-refractivity contribution is 0.0731. The molecule has 2 saturated heterocycles. The predicted molar refractivity (Wildman–Crippen MR) is 131 cm³/mol. The van der Waals surface area contributed by atoms with Crippen molar-refractivity contribution in [1.82, 2.24) is 14.8 Å². The van der Waals surface area contributed by atoms with Crippen LogP contribution in [0.2, 0.25) is 0 Å². The van der Waals surface area contributed by atoms with Crippen LogP contribution in [0.25, 0.3) is 10.9 Å². The summed E-state index contributed by atoms with van der Waals surface area (Å²) in [6, 6.07) is 16.2. The summed E-state index contributed by atoms with van der Waals surface area (Å²) in [5.74, 6) is 0.933. The second kappa shape index (κ2) is 9.75. The standard InChI is InChI=1S/C27H33FN4O/c1-20-3-8-26-23(15-20)16-24(27(29-26)31-11-13-33-14-12-31)19-32-10-9-30(17-21(32)2)18-22-4-6-25(28)7-5-22/h3-8,15-16,21H,9-14,17-19H2,1-2H3/t21-/m1/s1. The van der Waals surface area contributed by atoms with Crippen LogP contribution < -0.4 is 4.90 Å². The summed E-state index contributed by atoms with van der Waals surface area (Å²) in [6.07, 6.45) is 0. The highest BCUT2D eigenvalue weighted by Crippen LogP contribution is 2.28. The summed E-state index contributed by atoms with van der Waals surface area (Å²) < 4.78 is 18.8. The number of benzene rings is 2. The Morgan fingerprint density at radius 1 is 0.970 bits per heavy atom. The number of hydrogen-bond donors (Lipinski definition) is 0. The van der Waals surface area contributed by atoms with Crippen molar-refractivity contribution in [3.05, 3.63) is 71.0 Å². The van der Waals surface area contributed by atoms with Gasteiger partial charge in [0.15, 0.2) is 0 Å². The van der Waals surface area contributed by atoms with Crippen LogP contribution in [0.4, 0.5) is 10.2 Å². The third-order valence-corrected chi connectivity index (χ3v) is 6.88. The molecule has 2 aromatic carbocycles. The summed E-state index contributed by atoms with van der Waals surface area (Å²) in [6.45, 7) is 12.5. The smallest absolute Gasteiger partial charge is 0.133 e. The molecule has 0 amide bonds. The quantitative estimate of drug-likeness (QED) is 0.583. The Bertz CT molecular complexity index is 1100. The molecule has 0 unspecified atom stereocenters. The van der Waals surface area contributed by atoms with Crippen LogP contribution in [0, 0.1) is 12.7 Å². The maximum absolute atomic E-state index is 13.2. The van der Waals surface area contributed by atoms with Crippen molar-refractivity contribution in [3.8, 4) is 0 Å². The third-order valence-electron chi connectivity index (χ3n) is 6.88. The topological polar surface area (TPSA) is 31.8 Å². The van der Waals surface area contributed by atoms with Crippen molar-refractivity contribution in [2.45, 2.75) is 33.0 Å². The van der Waals surface area contributed by atoms with Gasteiger partial charge in [-0.1, -0.05) is 23.8 Å². The highest BCUT2D eigenvalue weighted by molar-refractivity contribution is 5.82. The van der Waals surface area contributed by atoms with Gasteiger partial charge in [0.05, 0.1) is 18.7 Å². The van der Waals surface area contributed by atoms with Gasteiger partial charge in [0.25, 0.3) is 0 Å². The molecule has 5 rings (SSSR count).